The van der Waals surface area contributed by atoms with Crippen LogP contribution in [0.5, 0.6) is 0 Å². The topological polar surface area (TPSA) is 55.1 Å². The summed E-state index contributed by atoms with van der Waals surface area (Å²) in [7, 11) is 0. The van der Waals surface area contributed by atoms with E-state index in [1.165, 1.54) is 25.7 Å². The van der Waals surface area contributed by atoms with E-state index in [0.29, 0.717) is 18.4 Å². The predicted octanol–water partition coefficient (Wildman–Crippen LogP) is 2.68. The summed E-state index contributed by atoms with van der Waals surface area (Å²) in [5.74, 6) is 7.61. The van der Waals surface area contributed by atoms with Crippen LogP contribution in [0.2, 0.25) is 0 Å². The monoisotopic (exact) mass is 282 g/mol. The number of amides is 1. The smallest absolute Gasteiger partial charge is 0.228 e. The molecule has 0 bridgehead atoms. The van der Waals surface area contributed by atoms with Crippen LogP contribution in [0, 0.1) is 36.5 Å². The molecule has 1 amide bonds. The summed E-state index contributed by atoms with van der Waals surface area (Å²) >= 11 is 0. The van der Waals surface area contributed by atoms with Gasteiger partial charge in [-0.15, -0.1) is 0 Å². The third-order valence-corrected chi connectivity index (χ3v) is 4.78. The Morgan fingerprint density at radius 1 is 1.33 bits per heavy atom. The molecule has 0 saturated heterocycles. The van der Waals surface area contributed by atoms with E-state index in [1.807, 2.05) is 25.1 Å². The van der Waals surface area contributed by atoms with Crippen molar-refractivity contribution in [3.05, 3.63) is 29.3 Å². The number of hydrogen-bond acceptors (Lipinski definition) is 2. The van der Waals surface area contributed by atoms with Gasteiger partial charge in [-0.2, -0.15) is 0 Å². The zero-order valence-electron chi connectivity index (χ0n) is 12.5. The lowest BCUT2D eigenvalue weighted by Crippen LogP contribution is -2.16. The lowest BCUT2D eigenvalue weighted by molar-refractivity contribution is -0.117. The molecule has 1 aromatic carbocycles. The summed E-state index contributed by atoms with van der Waals surface area (Å²) in [6.45, 7) is 2.37. The quantitative estimate of drug-likeness (QED) is 0.819. The molecule has 21 heavy (non-hydrogen) atoms. The molecule has 3 N–H and O–H groups in total. The maximum Gasteiger partial charge on any atom is 0.228 e. The SMILES string of the molecule is Cc1cc(C#CCN)ccc1NC(=O)C1C2CCCCC21. The first-order chi connectivity index (χ1) is 10.2. The van der Waals surface area contributed by atoms with Gasteiger partial charge in [0.25, 0.3) is 0 Å². The number of fused-ring (bicyclic) bond motifs is 1. The number of nitrogens with one attached hydrogen (secondary N) is 1. The van der Waals surface area contributed by atoms with Gasteiger partial charge in [0.1, 0.15) is 0 Å². The predicted molar refractivity (Wildman–Crippen MR) is 84.7 cm³/mol. The molecule has 3 nitrogen and oxygen atoms in total. The van der Waals surface area contributed by atoms with Crippen molar-refractivity contribution in [2.45, 2.75) is 32.6 Å². The molecule has 2 aliphatic rings. The van der Waals surface area contributed by atoms with Crippen molar-refractivity contribution in [1.29, 1.82) is 0 Å². The van der Waals surface area contributed by atoms with Crippen LogP contribution in [0.4, 0.5) is 5.69 Å². The Bertz CT molecular complexity index is 599. The molecule has 2 fully saturated rings. The van der Waals surface area contributed by atoms with Gasteiger partial charge in [0.2, 0.25) is 5.91 Å². The van der Waals surface area contributed by atoms with E-state index >= 15 is 0 Å². The lowest BCUT2D eigenvalue weighted by atomic mass is 10.0. The third kappa shape index (κ3) is 2.96. The van der Waals surface area contributed by atoms with Gasteiger partial charge in [0.05, 0.1) is 6.54 Å². The molecule has 2 saturated carbocycles. The maximum absolute atomic E-state index is 12.4. The third-order valence-electron chi connectivity index (χ3n) is 4.78. The summed E-state index contributed by atoms with van der Waals surface area (Å²) in [6.07, 6.45) is 5.04. The average molecular weight is 282 g/mol. The van der Waals surface area contributed by atoms with Gasteiger partial charge in [-0.1, -0.05) is 24.7 Å². The molecule has 0 spiro atoms. The Kier molecular flexibility index (Phi) is 3.98. The molecule has 0 aliphatic heterocycles. The zero-order chi connectivity index (χ0) is 14.8. The molecule has 3 heteroatoms. The minimum atomic E-state index is 0.204. The van der Waals surface area contributed by atoms with Crippen LogP contribution < -0.4 is 11.1 Å². The maximum atomic E-state index is 12.4. The first kappa shape index (κ1) is 14.2. The minimum Gasteiger partial charge on any atom is -0.326 e. The fraction of sp³-hybridized carbons (Fsp3) is 0.500. The van der Waals surface area contributed by atoms with Gasteiger partial charge in [-0.05, 0) is 55.4 Å². The number of aryl methyl sites for hydroxylation is 1. The first-order valence-corrected chi connectivity index (χ1v) is 7.81. The van der Waals surface area contributed by atoms with Crippen molar-refractivity contribution < 1.29 is 4.79 Å². The first-order valence-electron chi connectivity index (χ1n) is 7.81. The fourth-order valence-corrected chi connectivity index (χ4v) is 3.63. The van der Waals surface area contributed by atoms with Crippen LogP contribution in [-0.2, 0) is 4.79 Å². The molecule has 2 atom stereocenters. The average Bonchev–Trinajstić information content (AvgIpc) is 3.22. The highest BCUT2D eigenvalue weighted by molar-refractivity contribution is 5.95. The van der Waals surface area contributed by atoms with E-state index in [4.69, 9.17) is 5.73 Å². The standard InChI is InChI=1S/C18H22N2O/c1-12-11-13(5-4-10-19)8-9-16(12)20-18(21)17-14-6-2-3-7-15(14)17/h8-9,11,14-15,17H,2-3,6-7,10,19H2,1H3,(H,20,21). The summed E-state index contributed by atoms with van der Waals surface area (Å²) in [5, 5.41) is 3.10. The molecular formula is C18H22N2O. The van der Waals surface area contributed by atoms with Crippen LogP contribution in [0.3, 0.4) is 0 Å². The Labute approximate surface area is 126 Å². The minimum absolute atomic E-state index is 0.204. The number of carbonyl (C=O) groups excluding carboxylic acids is 1. The van der Waals surface area contributed by atoms with Crippen LogP contribution in [0.15, 0.2) is 18.2 Å². The number of benzene rings is 1. The molecule has 2 unspecified atom stereocenters. The second kappa shape index (κ2) is 5.91. The second-order valence-corrected chi connectivity index (χ2v) is 6.16. The summed E-state index contributed by atoms with van der Waals surface area (Å²) < 4.78 is 0. The van der Waals surface area contributed by atoms with Crippen molar-refractivity contribution in [1.82, 2.24) is 0 Å². The number of anilines is 1. The number of nitrogens with two attached hydrogens (primary N) is 1. The van der Waals surface area contributed by atoms with Crippen LogP contribution >= 0.6 is 0 Å². The molecule has 1 aromatic rings. The van der Waals surface area contributed by atoms with E-state index < -0.39 is 0 Å². The fourth-order valence-electron chi connectivity index (χ4n) is 3.63. The molecule has 3 rings (SSSR count). The highest BCUT2D eigenvalue weighted by Crippen LogP contribution is 2.55. The molecule has 2 aliphatic carbocycles. The van der Waals surface area contributed by atoms with Crippen LogP contribution in [0.1, 0.15) is 36.8 Å². The molecule has 0 heterocycles. The van der Waals surface area contributed by atoms with Gasteiger partial charge in [0, 0.05) is 17.2 Å². The Balaban J connectivity index is 1.66. The Morgan fingerprint density at radius 3 is 2.67 bits per heavy atom. The van der Waals surface area contributed by atoms with Gasteiger partial charge >= 0.3 is 0 Å². The molecular weight excluding hydrogens is 260 g/mol. The van der Waals surface area contributed by atoms with Crippen molar-refractivity contribution in [3.63, 3.8) is 0 Å². The van der Waals surface area contributed by atoms with Gasteiger partial charge in [-0.3, -0.25) is 4.79 Å². The normalized spacial score (nSPS) is 26.3. The summed E-state index contributed by atoms with van der Waals surface area (Å²) in [5.41, 5.74) is 8.27. The molecule has 0 aromatic heterocycles. The van der Waals surface area contributed by atoms with Gasteiger partial charge in [-0.25, -0.2) is 0 Å². The van der Waals surface area contributed by atoms with Crippen LogP contribution in [0.25, 0.3) is 0 Å². The number of rotatable bonds is 2. The Morgan fingerprint density at radius 2 is 2.05 bits per heavy atom. The second-order valence-electron chi connectivity index (χ2n) is 6.16. The van der Waals surface area contributed by atoms with E-state index in [9.17, 15) is 4.79 Å². The number of carbonyl (C=O) groups is 1. The molecule has 0 radical (unpaired) electrons. The summed E-state index contributed by atoms with van der Waals surface area (Å²) in [4.78, 5) is 12.4. The van der Waals surface area contributed by atoms with Crippen molar-refractivity contribution >= 4 is 11.6 Å². The van der Waals surface area contributed by atoms with Gasteiger partial charge in [0.15, 0.2) is 0 Å². The van der Waals surface area contributed by atoms with Crippen molar-refractivity contribution in [2.24, 2.45) is 23.5 Å². The zero-order valence-corrected chi connectivity index (χ0v) is 12.5. The van der Waals surface area contributed by atoms with E-state index in [2.05, 4.69) is 17.2 Å². The van der Waals surface area contributed by atoms with Crippen molar-refractivity contribution in [3.8, 4) is 11.8 Å². The lowest BCUT2D eigenvalue weighted by Gasteiger charge is -2.08. The van der Waals surface area contributed by atoms with E-state index in [-0.39, 0.29) is 11.8 Å². The highest BCUT2D eigenvalue weighted by Gasteiger charge is 2.54. The highest BCUT2D eigenvalue weighted by atomic mass is 16.2. The summed E-state index contributed by atoms with van der Waals surface area (Å²) in [6, 6.07) is 5.88. The van der Waals surface area contributed by atoms with Crippen LogP contribution in [-0.4, -0.2) is 12.5 Å². The molecule has 110 valence electrons. The largest absolute Gasteiger partial charge is 0.326 e. The van der Waals surface area contributed by atoms with Crippen molar-refractivity contribution in [2.75, 3.05) is 11.9 Å². The Hall–Kier alpha value is -1.79. The van der Waals surface area contributed by atoms with E-state index in [0.717, 1.165) is 16.8 Å². The van der Waals surface area contributed by atoms with Gasteiger partial charge < -0.3 is 11.1 Å². The number of hydrogen-bond donors (Lipinski definition) is 2. The van der Waals surface area contributed by atoms with E-state index in [1.54, 1.807) is 0 Å².